The van der Waals surface area contributed by atoms with Gasteiger partial charge in [0.15, 0.2) is 5.58 Å². The molecule has 2 aromatic carbocycles. The smallest absolute Gasteiger partial charge is 0.419 e. The van der Waals surface area contributed by atoms with Crippen LogP contribution in [0.3, 0.4) is 0 Å². The summed E-state index contributed by atoms with van der Waals surface area (Å²) in [5.74, 6) is -0.0483. The number of hydrogen-bond acceptors (Lipinski definition) is 5. The minimum Gasteiger partial charge on any atom is -0.496 e. The van der Waals surface area contributed by atoms with Crippen molar-refractivity contribution in [2.24, 2.45) is 0 Å². The summed E-state index contributed by atoms with van der Waals surface area (Å²) in [5, 5.41) is 0. The maximum absolute atomic E-state index is 12.9. The van der Waals surface area contributed by atoms with Crippen molar-refractivity contribution >= 4 is 22.9 Å². The molecule has 1 aliphatic rings. The molecule has 4 rings (SSSR count). The highest BCUT2D eigenvalue weighted by Crippen LogP contribution is 2.20. The monoisotopic (exact) mass is 423 g/mol. The van der Waals surface area contributed by atoms with Gasteiger partial charge in [-0.1, -0.05) is 24.3 Å². The number of rotatable bonds is 5. The number of amides is 2. The Hall–Kier alpha value is -3.55. The first-order valence-corrected chi connectivity index (χ1v) is 10.4. The summed E-state index contributed by atoms with van der Waals surface area (Å²) in [4.78, 5) is 41.4. The molecule has 2 amide bonds. The Kier molecular flexibility index (Phi) is 6.06. The lowest BCUT2D eigenvalue weighted by atomic mass is 10.1. The molecule has 1 saturated heterocycles. The largest absolute Gasteiger partial charge is 0.496 e. The zero-order valence-corrected chi connectivity index (χ0v) is 17.5. The van der Waals surface area contributed by atoms with Crippen LogP contribution in [0.5, 0.6) is 5.75 Å². The second-order valence-electron chi connectivity index (χ2n) is 7.46. The predicted octanol–water partition coefficient (Wildman–Crippen LogP) is 2.37. The van der Waals surface area contributed by atoms with Crippen LogP contribution in [-0.4, -0.2) is 59.5 Å². The van der Waals surface area contributed by atoms with E-state index in [4.69, 9.17) is 9.15 Å². The standard InChI is InChI=1S/C23H25N3O5/c1-30-19-9-4-2-7-17(19)22(28)25-13-6-12-24(15-16-25)21(27)11-14-26-18-8-3-5-10-20(18)31-23(26)29/h2-5,7-10H,6,11-16H2,1H3. The summed E-state index contributed by atoms with van der Waals surface area (Å²) in [6.45, 7) is 2.33. The number of carbonyl (C=O) groups excluding carboxylic acids is 2. The van der Waals surface area contributed by atoms with Crippen molar-refractivity contribution in [2.75, 3.05) is 33.3 Å². The van der Waals surface area contributed by atoms with Gasteiger partial charge in [0, 0.05) is 39.1 Å². The fraction of sp³-hybridized carbons (Fsp3) is 0.348. The number of methoxy groups -OCH3 is 1. The minimum atomic E-state index is -0.460. The Morgan fingerprint density at radius 2 is 1.68 bits per heavy atom. The molecule has 0 atom stereocenters. The number of para-hydroxylation sites is 3. The Labute approximate surface area is 179 Å². The quantitative estimate of drug-likeness (QED) is 0.629. The van der Waals surface area contributed by atoms with E-state index < -0.39 is 5.76 Å². The predicted molar refractivity (Wildman–Crippen MR) is 115 cm³/mol. The van der Waals surface area contributed by atoms with Gasteiger partial charge in [0.25, 0.3) is 5.91 Å². The highest BCUT2D eigenvalue weighted by molar-refractivity contribution is 5.97. The number of carbonyl (C=O) groups is 2. The highest BCUT2D eigenvalue weighted by atomic mass is 16.5. The molecule has 0 N–H and O–H groups in total. The topological polar surface area (TPSA) is 85.0 Å². The number of nitrogens with zero attached hydrogens (tertiary/aromatic N) is 3. The van der Waals surface area contributed by atoms with Gasteiger partial charge in [-0.15, -0.1) is 0 Å². The summed E-state index contributed by atoms with van der Waals surface area (Å²) < 4.78 is 12.0. The molecule has 2 heterocycles. The zero-order valence-electron chi connectivity index (χ0n) is 17.5. The van der Waals surface area contributed by atoms with E-state index in [1.807, 2.05) is 18.2 Å². The minimum absolute atomic E-state index is 0.0382. The van der Waals surface area contributed by atoms with Crippen LogP contribution in [0, 0.1) is 0 Å². The molecule has 0 spiro atoms. The van der Waals surface area contributed by atoms with Gasteiger partial charge >= 0.3 is 5.76 Å². The molecule has 0 bridgehead atoms. The zero-order chi connectivity index (χ0) is 21.8. The summed E-state index contributed by atoms with van der Waals surface area (Å²) in [7, 11) is 1.55. The normalized spacial score (nSPS) is 14.5. The van der Waals surface area contributed by atoms with Gasteiger partial charge in [0.2, 0.25) is 5.91 Å². The number of aromatic nitrogens is 1. The van der Waals surface area contributed by atoms with Crippen molar-refractivity contribution in [1.82, 2.24) is 14.4 Å². The summed E-state index contributed by atoms with van der Waals surface area (Å²) in [6.07, 6.45) is 0.894. The van der Waals surface area contributed by atoms with Gasteiger partial charge in [0.05, 0.1) is 18.2 Å². The molecule has 8 nitrogen and oxygen atoms in total. The number of aryl methyl sites for hydroxylation is 1. The third-order valence-electron chi connectivity index (χ3n) is 5.60. The lowest BCUT2D eigenvalue weighted by molar-refractivity contribution is -0.131. The van der Waals surface area contributed by atoms with Gasteiger partial charge < -0.3 is 19.0 Å². The van der Waals surface area contributed by atoms with Crippen LogP contribution >= 0.6 is 0 Å². The Bertz CT molecular complexity index is 1150. The first-order valence-electron chi connectivity index (χ1n) is 10.4. The Balaban J connectivity index is 1.38. The van der Waals surface area contributed by atoms with Gasteiger partial charge in [-0.2, -0.15) is 0 Å². The highest BCUT2D eigenvalue weighted by Gasteiger charge is 2.24. The van der Waals surface area contributed by atoms with E-state index in [9.17, 15) is 14.4 Å². The maximum atomic E-state index is 12.9. The first kappa shape index (κ1) is 20.7. The third-order valence-corrected chi connectivity index (χ3v) is 5.60. The molecular formula is C23H25N3O5. The van der Waals surface area contributed by atoms with Gasteiger partial charge in [0.1, 0.15) is 5.75 Å². The van der Waals surface area contributed by atoms with Crippen molar-refractivity contribution in [3.8, 4) is 5.75 Å². The van der Waals surface area contributed by atoms with Crippen molar-refractivity contribution in [1.29, 1.82) is 0 Å². The fourth-order valence-corrected chi connectivity index (χ4v) is 3.95. The molecular weight excluding hydrogens is 398 g/mol. The number of fused-ring (bicyclic) bond motifs is 1. The number of oxazole rings is 1. The average Bonchev–Trinajstić information content (AvgIpc) is 2.95. The average molecular weight is 423 g/mol. The first-order chi connectivity index (χ1) is 15.1. The molecule has 0 saturated carbocycles. The molecule has 0 unspecified atom stereocenters. The van der Waals surface area contributed by atoms with E-state index in [-0.39, 0.29) is 24.8 Å². The van der Waals surface area contributed by atoms with Crippen LogP contribution < -0.4 is 10.5 Å². The van der Waals surface area contributed by atoms with E-state index in [1.54, 1.807) is 47.2 Å². The molecule has 3 aromatic rings. The summed E-state index contributed by atoms with van der Waals surface area (Å²) in [5.41, 5.74) is 1.72. The van der Waals surface area contributed by atoms with E-state index in [0.717, 1.165) is 0 Å². The molecule has 0 radical (unpaired) electrons. The molecule has 31 heavy (non-hydrogen) atoms. The second kappa shape index (κ2) is 9.07. The van der Waals surface area contributed by atoms with Crippen LogP contribution in [0.1, 0.15) is 23.2 Å². The lowest BCUT2D eigenvalue weighted by Gasteiger charge is -2.23. The molecule has 0 aliphatic carbocycles. The SMILES string of the molecule is COc1ccccc1C(=O)N1CCCN(C(=O)CCn2c(=O)oc3ccccc32)CC1. The van der Waals surface area contributed by atoms with Gasteiger partial charge in [-0.3, -0.25) is 14.2 Å². The number of ether oxygens (including phenoxy) is 1. The van der Waals surface area contributed by atoms with Gasteiger partial charge in [-0.25, -0.2) is 4.79 Å². The second-order valence-corrected chi connectivity index (χ2v) is 7.46. The van der Waals surface area contributed by atoms with Crippen LogP contribution in [0.25, 0.3) is 11.1 Å². The van der Waals surface area contributed by atoms with Gasteiger partial charge in [-0.05, 0) is 30.7 Å². The summed E-state index contributed by atoms with van der Waals surface area (Å²) in [6, 6.07) is 14.3. The molecule has 1 fully saturated rings. The third kappa shape index (κ3) is 4.33. The number of hydrogen-bond donors (Lipinski definition) is 0. The maximum Gasteiger partial charge on any atom is 0.419 e. The molecule has 1 aromatic heterocycles. The van der Waals surface area contributed by atoms with E-state index >= 15 is 0 Å². The number of benzene rings is 2. The van der Waals surface area contributed by atoms with Crippen LogP contribution in [-0.2, 0) is 11.3 Å². The van der Waals surface area contributed by atoms with Crippen molar-refractivity contribution < 1.29 is 18.7 Å². The van der Waals surface area contributed by atoms with Crippen molar-refractivity contribution in [2.45, 2.75) is 19.4 Å². The van der Waals surface area contributed by atoms with Crippen LogP contribution in [0.2, 0.25) is 0 Å². The molecule has 162 valence electrons. The molecule has 1 aliphatic heterocycles. The van der Waals surface area contributed by atoms with Crippen molar-refractivity contribution in [3.63, 3.8) is 0 Å². The fourth-order valence-electron chi connectivity index (χ4n) is 3.95. The van der Waals surface area contributed by atoms with E-state index in [0.29, 0.717) is 55.0 Å². The van der Waals surface area contributed by atoms with Crippen molar-refractivity contribution in [3.05, 3.63) is 64.6 Å². The Morgan fingerprint density at radius 3 is 2.52 bits per heavy atom. The Morgan fingerprint density at radius 1 is 0.968 bits per heavy atom. The van der Waals surface area contributed by atoms with E-state index in [2.05, 4.69) is 0 Å². The summed E-state index contributed by atoms with van der Waals surface area (Å²) >= 11 is 0. The van der Waals surface area contributed by atoms with E-state index in [1.165, 1.54) is 4.57 Å². The van der Waals surface area contributed by atoms with Crippen LogP contribution in [0.15, 0.2) is 57.7 Å². The lowest BCUT2D eigenvalue weighted by Crippen LogP contribution is -2.37. The van der Waals surface area contributed by atoms with Crippen LogP contribution in [0.4, 0.5) is 0 Å². The molecule has 8 heteroatoms.